The maximum atomic E-state index is 13.5. The molecule has 38 heavy (non-hydrogen) atoms. The Labute approximate surface area is 225 Å². The predicted molar refractivity (Wildman–Crippen MR) is 152 cm³/mol. The highest BCUT2D eigenvalue weighted by Gasteiger charge is 2.20. The Balaban J connectivity index is 1.19. The lowest BCUT2D eigenvalue weighted by Crippen LogP contribution is -2.49. The SMILES string of the molecule is CN(C)c1ccc(NCC(O)CN2CCN(CCCC(c3ccc(F)cc3)c3ccc(F)cc3)CC2)cc1. The minimum atomic E-state index is -0.428. The normalized spacial score (nSPS) is 15.5. The van der Waals surface area contributed by atoms with Crippen molar-refractivity contribution in [3.8, 4) is 0 Å². The second kappa shape index (κ2) is 13.7. The third-order valence-corrected chi connectivity index (χ3v) is 7.37. The average molecular weight is 523 g/mol. The summed E-state index contributed by atoms with van der Waals surface area (Å²) >= 11 is 0. The van der Waals surface area contributed by atoms with Crippen LogP contribution in [-0.4, -0.2) is 80.9 Å². The number of benzene rings is 3. The Bertz CT molecular complexity index is 1050. The Morgan fingerprint density at radius 3 is 1.84 bits per heavy atom. The highest BCUT2D eigenvalue weighted by atomic mass is 19.1. The summed E-state index contributed by atoms with van der Waals surface area (Å²) in [6, 6.07) is 21.5. The van der Waals surface area contributed by atoms with Crippen molar-refractivity contribution >= 4 is 11.4 Å². The number of piperazine rings is 1. The van der Waals surface area contributed by atoms with Crippen LogP contribution in [0.2, 0.25) is 0 Å². The third-order valence-electron chi connectivity index (χ3n) is 7.37. The molecule has 2 N–H and O–H groups in total. The fraction of sp³-hybridized carbons (Fsp3) is 0.419. The fourth-order valence-corrected chi connectivity index (χ4v) is 5.11. The van der Waals surface area contributed by atoms with Crippen molar-refractivity contribution in [3.05, 3.63) is 95.6 Å². The van der Waals surface area contributed by atoms with Gasteiger partial charge in [0.1, 0.15) is 11.6 Å². The summed E-state index contributed by atoms with van der Waals surface area (Å²) in [4.78, 5) is 6.87. The number of hydrogen-bond donors (Lipinski definition) is 2. The number of hydrogen-bond acceptors (Lipinski definition) is 5. The molecule has 1 heterocycles. The summed E-state index contributed by atoms with van der Waals surface area (Å²) in [6.07, 6.45) is 1.48. The average Bonchev–Trinajstić information content (AvgIpc) is 2.92. The zero-order valence-electron chi connectivity index (χ0n) is 22.5. The van der Waals surface area contributed by atoms with Crippen molar-refractivity contribution in [2.75, 3.05) is 70.1 Å². The largest absolute Gasteiger partial charge is 0.390 e. The molecule has 1 aliphatic rings. The molecule has 204 valence electrons. The molecule has 3 aromatic carbocycles. The van der Waals surface area contributed by atoms with Gasteiger partial charge in [-0.2, -0.15) is 0 Å². The van der Waals surface area contributed by atoms with Gasteiger partial charge in [0.2, 0.25) is 0 Å². The van der Waals surface area contributed by atoms with Crippen molar-refractivity contribution in [3.63, 3.8) is 0 Å². The number of rotatable bonds is 12. The Morgan fingerprint density at radius 1 is 0.789 bits per heavy atom. The summed E-state index contributed by atoms with van der Waals surface area (Å²) in [5.74, 6) is -0.382. The molecule has 7 heteroatoms. The van der Waals surface area contributed by atoms with Gasteiger partial charge in [0.25, 0.3) is 0 Å². The predicted octanol–water partition coefficient (Wildman–Crippen LogP) is 5.03. The zero-order valence-corrected chi connectivity index (χ0v) is 22.5. The molecule has 0 bridgehead atoms. The van der Waals surface area contributed by atoms with Gasteiger partial charge in [-0.25, -0.2) is 8.78 Å². The van der Waals surface area contributed by atoms with Crippen LogP contribution in [0.25, 0.3) is 0 Å². The lowest BCUT2D eigenvalue weighted by Gasteiger charge is -2.36. The van der Waals surface area contributed by atoms with Crippen LogP contribution in [0.4, 0.5) is 20.2 Å². The van der Waals surface area contributed by atoms with Crippen LogP contribution in [-0.2, 0) is 0 Å². The van der Waals surface area contributed by atoms with Crippen molar-refractivity contribution in [2.24, 2.45) is 0 Å². The molecule has 1 saturated heterocycles. The van der Waals surface area contributed by atoms with Crippen LogP contribution in [0.5, 0.6) is 0 Å². The van der Waals surface area contributed by atoms with Gasteiger partial charge in [0.05, 0.1) is 6.10 Å². The monoisotopic (exact) mass is 522 g/mol. The molecular formula is C31H40F2N4O. The van der Waals surface area contributed by atoms with E-state index in [0.717, 1.165) is 68.1 Å². The van der Waals surface area contributed by atoms with Crippen LogP contribution in [0.3, 0.4) is 0 Å². The molecule has 1 unspecified atom stereocenters. The van der Waals surface area contributed by atoms with Crippen LogP contribution in [0.1, 0.15) is 29.9 Å². The van der Waals surface area contributed by atoms with Crippen molar-refractivity contribution in [2.45, 2.75) is 24.9 Å². The number of aliphatic hydroxyl groups is 1. The first-order chi connectivity index (χ1) is 18.4. The second-order valence-corrected chi connectivity index (χ2v) is 10.4. The van der Waals surface area contributed by atoms with E-state index in [4.69, 9.17) is 0 Å². The minimum absolute atomic E-state index is 0.110. The molecule has 0 aromatic heterocycles. The lowest BCUT2D eigenvalue weighted by molar-refractivity contribution is 0.0776. The first-order valence-electron chi connectivity index (χ1n) is 13.5. The first kappa shape index (κ1) is 28.0. The van der Waals surface area contributed by atoms with E-state index in [9.17, 15) is 13.9 Å². The molecule has 1 fully saturated rings. The number of anilines is 2. The summed E-state index contributed by atoms with van der Waals surface area (Å²) in [5, 5.41) is 13.9. The highest BCUT2D eigenvalue weighted by molar-refractivity contribution is 5.54. The van der Waals surface area contributed by atoms with Crippen molar-refractivity contribution < 1.29 is 13.9 Å². The van der Waals surface area contributed by atoms with Crippen LogP contribution < -0.4 is 10.2 Å². The van der Waals surface area contributed by atoms with Crippen LogP contribution in [0.15, 0.2) is 72.8 Å². The maximum Gasteiger partial charge on any atom is 0.123 e. The van der Waals surface area contributed by atoms with Gasteiger partial charge >= 0.3 is 0 Å². The van der Waals surface area contributed by atoms with Crippen LogP contribution in [0, 0.1) is 11.6 Å². The molecule has 4 rings (SSSR count). The fourth-order valence-electron chi connectivity index (χ4n) is 5.11. The minimum Gasteiger partial charge on any atom is -0.390 e. The maximum absolute atomic E-state index is 13.5. The quantitative estimate of drug-likeness (QED) is 0.349. The van der Waals surface area contributed by atoms with E-state index in [0.29, 0.717) is 13.1 Å². The van der Waals surface area contributed by atoms with Gasteiger partial charge in [-0.3, -0.25) is 4.90 Å². The zero-order chi connectivity index (χ0) is 26.9. The topological polar surface area (TPSA) is 42.0 Å². The summed E-state index contributed by atoms with van der Waals surface area (Å²) in [6.45, 7) is 6.00. The van der Waals surface area contributed by atoms with Gasteiger partial charge in [-0.1, -0.05) is 24.3 Å². The Kier molecular flexibility index (Phi) is 10.1. The summed E-state index contributed by atoms with van der Waals surface area (Å²) in [5.41, 5.74) is 4.27. The standard InChI is InChI=1S/C31H40F2N4O/c1-35(2)29-15-13-28(14-16-29)34-22-30(38)23-37-20-18-36(19-21-37)17-3-4-31(24-5-9-26(32)10-6-24)25-7-11-27(33)12-8-25/h5-16,30-31,34,38H,3-4,17-23H2,1-2H3. The summed E-state index contributed by atoms with van der Waals surface area (Å²) in [7, 11) is 4.04. The molecule has 0 aliphatic carbocycles. The molecule has 1 atom stereocenters. The smallest absolute Gasteiger partial charge is 0.123 e. The Morgan fingerprint density at radius 2 is 1.32 bits per heavy atom. The number of β-amino-alcohol motifs (C(OH)–C–C–N with tert-alkyl or cyclic N) is 1. The molecule has 0 saturated carbocycles. The van der Waals surface area contributed by atoms with E-state index in [1.54, 1.807) is 0 Å². The van der Waals surface area contributed by atoms with E-state index in [2.05, 4.69) is 32.1 Å². The van der Waals surface area contributed by atoms with E-state index in [-0.39, 0.29) is 17.6 Å². The van der Waals surface area contributed by atoms with E-state index in [1.807, 2.05) is 50.5 Å². The number of aliphatic hydroxyl groups excluding tert-OH is 1. The van der Waals surface area contributed by atoms with Gasteiger partial charge in [-0.15, -0.1) is 0 Å². The van der Waals surface area contributed by atoms with E-state index < -0.39 is 6.10 Å². The van der Waals surface area contributed by atoms with Crippen molar-refractivity contribution in [1.29, 1.82) is 0 Å². The summed E-state index contributed by atoms with van der Waals surface area (Å²) < 4.78 is 27.0. The highest BCUT2D eigenvalue weighted by Crippen LogP contribution is 2.30. The molecule has 0 radical (unpaired) electrons. The Hall–Kier alpha value is -3.00. The van der Waals surface area contributed by atoms with E-state index >= 15 is 0 Å². The van der Waals surface area contributed by atoms with Crippen molar-refractivity contribution in [1.82, 2.24) is 9.80 Å². The second-order valence-electron chi connectivity index (χ2n) is 10.4. The van der Waals surface area contributed by atoms with Gasteiger partial charge in [-0.05, 0) is 79.0 Å². The van der Waals surface area contributed by atoms with Crippen LogP contribution >= 0.6 is 0 Å². The first-order valence-corrected chi connectivity index (χ1v) is 13.5. The third kappa shape index (κ3) is 8.25. The molecule has 3 aromatic rings. The number of nitrogens with one attached hydrogen (secondary N) is 1. The van der Waals surface area contributed by atoms with Gasteiger partial charge < -0.3 is 20.2 Å². The molecular weight excluding hydrogens is 482 g/mol. The number of nitrogens with zero attached hydrogens (tertiary/aromatic N) is 3. The number of halogens is 2. The van der Waals surface area contributed by atoms with Gasteiger partial charge in [0, 0.05) is 70.7 Å². The molecule has 0 spiro atoms. The lowest BCUT2D eigenvalue weighted by atomic mass is 9.87. The molecule has 0 amide bonds. The van der Waals surface area contributed by atoms with E-state index in [1.165, 1.54) is 24.3 Å². The molecule has 1 aliphatic heterocycles. The molecule has 5 nitrogen and oxygen atoms in total. The van der Waals surface area contributed by atoms with Gasteiger partial charge in [0.15, 0.2) is 0 Å².